The van der Waals surface area contributed by atoms with Crippen molar-refractivity contribution in [2.75, 3.05) is 19.6 Å². The van der Waals surface area contributed by atoms with Crippen LogP contribution in [0.4, 0.5) is 0 Å². The molecule has 1 aromatic heterocycles. The van der Waals surface area contributed by atoms with E-state index in [1.807, 2.05) is 13.8 Å². The number of amides is 1. The minimum Gasteiger partial charge on any atom is -0.354 e. The number of carbonyl (C=O) groups is 2. The van der Waals surface area contributed by atoms with Crippen LogP contribution in [0.2, 0.25) is 0 Å². The van der Waals surface area contributed by atoms with Gasteiger partial charge in [0.15, 0.2) is 5.78 Å². The molecule has 0 aliphatic carbocycles. The van der Waals surface area contributed by atoms with Gasteiger partial charge in [0.1, 0.15) is 5.69 Å². The summed E-state index contributed by atoms with van der Waals surface area (Å²) >= 11 is 0. The average molecular weight is 342 g/mol. The number of halogens is 1. The molecule has 0 spiro atoms. The van der Waals surface area contributed by atoms with Crippen molar-refractivity contribution in [2.45, 2.75) is 47.0 Å². The van der Waals surface area contributed by atoms with Gasteiger partial charge >= 0.3 is 0 Å². The Morgan fingerprint density at radius 1 is 1.26 bits per heavy atom. The van der Waals surface area contributed by atoms with Crippen LogP contribution in [-0.4, -0.2) is 36.3 Å². The van der Waals surface area contributed by atoms with Crippen molar-refractivity contribution in [3.05, 3.63) is 22.5 Å². The Morgan fingerprint density at radius 3 is 2.39 bits per heavy atom. The molecule has 1 aliphatic heterocycles. The van der Waals surface area contributed by atoms with E-state index >= 15 is 0 Å². The highest BCUT2D eigenvalue weighted by Crippen LogP contribution is 2.27. The summed E-state index contributed by atoms with van der Waals surface area (Å²) in [4.78, 5) is 27.4. The van der Waals surface area contributed by atoms with E-state index in [-0.39, 0.29) is 29.5 Å². The maximum atomic E-state index is 12.5. The second-order valence-corrected chi connectivity index (χ2v) is 6.63. The standard InChI is InChI=1S/C17H27N3O2.ClH/c1-5-13-14(12(3)21)11(2)20-15(13)16(22)19-10-17(4)6-8-18-9-7-17;/h18,20H,5-10H2,1-4H3,(H,19,22);1H. The molecule has 5 nitrogen and oxygen atoms in total. The van der Waals surface area contributed by atoms with Crippen molar-refractivity contribution in [1.82, 2.24) is 15.6 Å². The summed E-state index contributed by atoms with van der Waals surface area (Å²) in [5.74, 6) is -0.0952. The second-order valence-electron chi connectivity index (χ2n) is 6.63. The fraction of sp³-hybridized carbons (Fsp3) is 0.647. The molecule has 1 saturated heterocycles. The van der Waals surface area contributed by atoms with Gasteiger partial charge in [-0.25, -0.2) is 0 Å². The Balaban J connectivity index is 0.00000264. The molecule has 1 aromatic rings. The third-order valence-corrected chi connectivity index (χ3v) is 4.71. The summed E-state index contributed by atoms with van der Waals surface area (Å²) < 4.78 is 0. The van der Waals surface area contributed by atoms with Crippen LogP contribution in [0.3, 0.4) is 0 Å². The number of aryl methyl sites for hydroxylation is 1. The molecule has 0 bridgehead atoms. The lowest BCUT2D eigenvalue weighted by Gasteiger charge is -2.34. The smallest absolute Gasteiger partial charge is 0.268 e. The number of ketones is 1. The van der Waals surface area contributed by atoms with Gasteiger partial charge in [0, 0.05) is 17.8 Å². The average Bonchev–Trinajstić information content (AvgIpc) is 2.82. The first kappa shape index (κ1) is 19.7. The molecule has 1 fully saturated rings. The molecule has 0 aromatic carbocycles. The number of carbonyl (C=O) groups excluding carboxylic acids is 2. The number of aromatic nitrogens is 1. The minimum atomic E-state index is -0.104. The molecule has 23 heavy (non-hydrogen) atoms. The zero-order chi connectivity index (χ0) is 16.3. The summed E-state index contributed by atoms with van der Waals surface area (Å²) in [6, 6.07) is 0. The van der Waals surface area contributed by atoms with Gasteiger partial charge in [0.25, 0.3) is 5.91 Å². The number of piperidine rings is 1. The molecule has 1 aliphatic rings. The number of aromatic amines is 1. The third-order valence-electron chi connectivity index (χ3n) is 4.71. The van der Waals surface area contributed by atoms with E-state index in [9.17, 15) is 9.59 Å². The maximum Gasteiger partial charge on any atom is 0.268 e. The summed E-state index contributed by atoms with van der Waals surface area (Å²) in [5, 5.41) is 6.40. The zero-order valence-corrected chi connectivity index (χ0v) is 15.3. The number of H-pyrrole nitrogens is 1. The highest BCUT2D eigenvalue weighted by Gasteiger charge is 2.28. The van der Waals surface area contributed by atoms with Gasteiger partial charge in [-0.1, -0.05) is 13.8 Å². The van der Waals surface area contributed by atoms with Crippen LogP contribution < -0.4 is 10.6 Å². The van der Waals surface area contributed by atoms with E-state index in [0.717, 1.165) is 37.2 Å². The lowest BCUT2D eigenvalue weighted by Crippen LogP contribution is -2.43. The molecule has 2 heterocycles. The van der Waals surface area contributed by atoms with Crippen molar-refractivity contribution >= 4 is 24.1 Å². The van der Waals surface area contributed by atoms with Crippen molar-refractivity contribution in [3.63, 3.8) is 0 Å². The van der Waals surface area contributed by atoms with Crippen LogP contribution in [-0.2, 0) is 6.42 Å². The summed E-state index contributed by atoms with van der Waals surface area (Å²) in [5.41, 5.74) is 2.97. The molecule has 0 saturated carbocycles. The van der Waals surface area contributed by atoms with E-state index in [1.165, 1.54) is 0 Å². The van der Waals surface area contributed by atoms with Crippen LogP contribution in [0.25, 0.3) is 0 Å². The third kappa shape index (κ3) is 4.36. The number of rotatable bonds is 5. The predicted octanol–water partition coefficient (Wildman–Crippen LogP) is 2.63. The minimum absolute atomic E-state index is 0. The van der Waals surface area contributed by atoms with Crippen molar-refractivity contribution in [1.29, 1.82) is 0 Å². The molecule has 0 radical (unpaired) electrons. The molecular weight excluding hydrogens is 314 g/mol. The molecule has 3 N–H and O–H groups in total. The van der Waals surface area contributed by atoms with E-state index in [1.54, 1.807) is 6.92 Å². The van der Waals surface area contributed by atoms with Gasteiger partial charge in [-0.15, -0.1) is 12.4 Å². The first-order chi connectivity index (χ1) is 10.4. The fourth-order valence-electron chi connectivity index (χ4n) is 3.29. The lowest BCUT2D eigenvalue weighted by atomic mass is 9.81. The van der Waals surface area contributed by atoms with Crippen molar-refractivity contribution in [3.8, 4) is 0 Å². The molecule has 1 amide bonds. The zero-order valence-electron chi connectivity index (χ0n) is 14.5. The predicted molar refractivity (Wildman–Crippen MR) is 94.7 cm³/mol. The first-order valence-corrected chi connectivity index (χ1v) is 8.09. The largest absolute Gasteiger partial charge is 0.354 e. The number of hydrogen-bond acceptors (Lipinski definition) is 3. The van der Waals surface area contributed by atoms with Crippen molar-refractivity contribution in [2.24, 2.45) is 5.41 Å². The molecule has 6 heteroatoms. The van der Waals surface area contributed by atoms with Gasteiger partial charge in [0.2, 0.25) is 0 Å². The van der Waals surface area contributed by atoms with E-state index in [4.69, 9.17) is 0 Å². The van der Waals surface area contributed by atoms with Gasteiger partial charge in [-0.2, -0.15) is 0 Å². The van der Waals surface area contributed by atoms with Crippen LogP contribution in [0.5, 0.6) is 0 Å². The van der Waals surface area contributed by atoms with E-state index in [2.05, 4.69) is 22.5 Å². The Morgan fingerprint density at radius 2 is 1.87 bits per heavy atom. The van der Waals surface area contributed by atoms with E-state index in [0.29, 0.717) is 24.2 Å². The number of nitrogens with one attached hydrogen (secondary N) is 3. The fourth-order valence-corrected chi connectivity index (χ4v) is 3.29. The Labute approximate surface area is 144 Å². The Hall–Kier alpha value is -1.33. The molecular formula is C17H28ClN3O2. The number of Topliss-reactive ketones (excluding diaryl/α,β-unsaturated/α-hetero) is 1. The van der Waals surface area contributed by atoms with Gasteiger partial charge < -0.3 is 15.6 Å². The normalized spacial score (nSPS) is 16.5. The van der Waals surface area contributed by atoms with Gasteiger partial charge in [-0.05, 0) is 57.2 Å². The molecule has 2 rings (SSSR count). The highest BCUT2D eigenvalue weighted by atomic mass is 35.5. The second kappa shape index (κ2) is 7.97. The maximum absolute atomic E-state index is 12.5. The van der Waals surface area contributed by atoms with Crippen LogP contribution >= 0.6 is 12.4 Å². The van der Waals surface area contributed by atoms with Crippen LogP contribution in [0.1, 0.15) is 65.7 Å². The molecule has 0 atom stereocenters. The Kier molecular flexibility index (Phi) is 6.84. The van der Waals surface area contributed by atoms with Crippen LogP contribution in [0, 0.1) is 12.3 Å². The molecule has 0 unspecified atom stereocenters. The summed E-state index contributed by atoms with van der Waals surface area (Å²) in [6.07, 6.45) is 2.80. The first-order valence-electron chi connectivity index (χ1n) is 8.09. The highest BCUT2D eigenvalue weighted by molar-refractivity contribution is 6.02. The summed E-state index contributed by atoms with van der Waals surface area (Å²) in [6.45, 7) is 10.3. The molecule has 130 valence electrons. The number of hydrogen-bond donors (Lipinski definition) is 3. The van der Waals surface area contributed by atoms with E-state index < -0.39 is 0 Å². The summed E-state index contributed by atoms with van der Waals surface area (Å²) in [7, 11) is 0. The SMILES string of the molecule is CCc1c(C(=O)NCC2(C)CCNCC2)[nH]c(C)c1C(C)=O.Cl. The monoisotopic (exact) mass is 341 g/mol. The Bertz CT molecular complexity index is 575. The van der Waals surface area contributed by atoms with Crippen LogP contribution in [0.15, 0.2) is 0 Å². The quantitative estimate of drug-likeness (QED) is 0.721. The van der Waals surface area contributed by atoms with Gasteiger partial charge in [0.05, 0.1) is 0 Å². The van der Waals surface area contributed by atoms with Crippen molar-refractivity contribution < 1.29 is 9.59 Å². The topological polar surface area (TPSA) is 74.0 Å². The lowest BCUT2D eigenvalue weighted by molar-refractivity contribution is 0.0916. The van der Waals surface area contributed by atoms with Gasteiger partial charge in [-0.3, -0.25) is 9.59 Å².